The fraction of sp³-hybridized carbons (Fsp3) is 0.444. The Kier molecular flexibility index (Phi) is 3.51. The molecule has 0 unspecified atom stereocenters. The average Bonchev–Trinajstić information content (AvgIpc) is 3.11. The Hall–Kier alpha value is -2.45. The molecule has 3 aromatic rings. The molecule has 2 fully saturated rings. The maximum Gasteiger partial charge on any atom is 0.251 e. The van der Waals surface area contributed by atoms with Gasteiger partial charge in [0.25, 0.3) is 5.91 Å². The largest absolute Gasteiger partial charge is 0.378 e. The van der Waals surface area contributed by atoms with Crippen molar-refractivity contribution in [3.8, 4) is 0 Å². The van der Waals surface area contributed by atoms with E-state index in [0.717, 1.165) is 50.4 Å². The first-order valence-electron chi connectivity index (χ1n) is 8.92. The van der Waals surface area contributed by atoms with Gasteiger partial charge in [0.05, 0.1) is 36.5 Å². The number of nitrogens with zero attached hydrogens (tertiary/aromatic N) is 3. The second kappa shape index (κ2) is 5.78. The van der Waals surface area contributed by atoms with Gasteiger partial charge in [-0.1, -0.05) is 0 Å². The van der Waals surface area contributed by atoms with E-state index in [0.29, 0.717) is 23.0 Å². The van der Waals surface area contributed by atoms with Gasteiger partial charge in [-0.3, -0.25) is 9.69 Å². The summed E-state index contributed by atoms with van der Waals surface area (Å²) in [4.78, 5) is 17.5. The molecular formula is C18H20FN5O2. The number of imidazole rings is 1. The van der Waals surface area contributed by atoms with Gasteiger partial charge in [-0.2, -0.15) is 5.10 Å². The molecular weight excluding hydrogens is 337 g/mol. The zero-order valence-corrected chi connectivity index (χ0v) is 14.2. The van der Waals surface area contributed by atoms with Crippen molar-refractivity contribution in [1.82, 2.24) is 19.5 Å². The number of piperidine rings is 1. The lowest BCUT2D eigenvalue weighted by molar-refractivity contribution is -0.0712. The van der Waals surface area contributed by atoms with Crippen LogP contribution in [0.2, 0.25) is 0 Å². The van der Waals surface area contributed by atoms with Crippen molar-refractivity contribution in [2.75, 3.05) is 26.3 Å². The third kappa shape index (κ3) is 2.33. The molecule has 0 saturated carbocycles. The minimum absolute atomic E-state index is 0.140. The molecule has 26 heavy (non-hydrogen) atoms. The topological polar surface area (TPSA) is 88.7 Å². The van der Waals surface area contributed by atoms with E-state index in [-0.39, 0.29) is 5.56 Å². The minimum atomic E-state index is -0.663. The first kappa shape index (κ1) is 15.8. The molecule has 2 saturated heterocycles. The summed E-state index contributed by atoms with van der Waals surface area (Å²) in [6.07, 6.45) is 3.95. The number of likely N-dealkylation sites (tertiary alicyclic amines) is 1. The van der Waals surface area contributed by atoms with Gasteiger partial charge < -0.3 is 15.5 Å². The predicted octanol–water partition coefficient (Wildman–Crippen LogP) is 1.63. The summed E-state index contributed by atoms with van der Waals surface area (Å²) in [6.45, 7) is 3.76. The van der Waals surface area contributed by atoms with Gasteiger partial charge in [-0.05, 0) is 44.0 Å². The van der Waals surface area contributed by atoms with E-state index >= 15 is 0 Å². The number of benzene rings is 1. The second-order valence-electron chi connectivity index (χ2n) is 7.20. The summed E-state index contributed by atoms with van der Waals surface area (Å²) in [5.74, 6) is -0.767. The molecule has 0 radical (unpaired) electrons. The highest BCUT2D eigenvalue weighted by atomic mass is 19.1. The van der Waals surface area contributed by atoms with Crippen LogP contribution >= 0.6 is 0 Å². The Morgan fingerprint density at radius 2 is 2.08 bits per heavy atom. The van der Waals surface area contributed by atoms with Crippen molar-refractivity contribution in [3.05, 3.63) is 35.3 Å². The number of nitrogens with one attached hydrogen (secondary N) is 1. The van der Waals surface area contributed by atoms with Gasteiger partial charge in [0.1, 0.15) is 17.0 Å². The summed E-state index contributed by atoms with van der Waals surface area (Å²) in [6, 6.07) is 3.11. The first-order chi connectivity index (χ1) is 12.6. The molecule has 2 aliphatic heterocycles. The molecule has 0 aliphatic carbocycles. The molecule has 8 heteroatoms. The lowest BCUT2D eigenvalue weighted by Gasteiger charge is -2.41. The van der Waals surface area contributed by atoms with E-state index in [1.165, 1.54) is 12.1 Å². The van der Waals surface area contributed by atoms with E-state index in [1.54, 1.807) is 4.52 Å². The number of fused-ring (bicyclic) bond motifs is 3. The van der Waals surface area contributed by atoms with Gasteiger partial charge in [0.2, 0.25) is 0 Å². The van der Waals surface area contributed by atoms with Crippen LogP contribution in [-0.2, 0) is 4.74 Å². The molecule has 5 rings (SSSR count). The first-order valence-corrected chi connectivity index (χ1v) is 8.92. The molecule has 0 bridgehead atoms. The van der Waals surface area contributed by atoms with Crippen LogP contribution in [0.5, 0.6) is 0 Å². The van der Waals surface area contributed by atoms with Crippen LogP contribution < -0.4 is 5.73 Å². The molecule has 1 aromatic carbocycles. The van der Waals surface area contributed by atoms with Crippen molar-refractivity contribution in [1.29, 1.82) is 0 Å². The van der Waals surface area contributed by atoms with Crippen molar-refractivity contribution >= 4 is 22.6 Å². The molecule has 4 heterocycles. The quantitative estimate of drug-likeness (QED) is 0.746. The number of aromatic nitrogens is 3. The number of amides is 1. The summed E-state index contributed by atoms with van der Waals surface area (Å²) < 4.78 is 20.8. The predicted molar refractivity (Wildman–Crippen MR) is 93.7 cm³/mol. The SMILES string of the molecule is NC(=O)c1cc(F)cc2[nH]c3c(C4CCN(C5COC5)CC4)cnn3c12. The van der Waals surface area contributed by atoms with E-state index in [9.17, 15) is 9.18 Å². The molecule has 3 N–H and O–H groups in total. The normalized spacial score (nSPS) is 20.0. The maximum absolute atomic E-state index is 13.8. The van der Waals surface area contributed by atoms with E-state index < -0.39 is 11.7 Å². The monoisotopic (exact) mass is 357 g/mol. The second-order valence-corrected chi connectivity index (χ2v) is 7.20. The molecule has 2 aromatic heterocycles. The number of hydrogen-bond donors (Lipinski definition) is 2. The number of carbonyl (C=O) groups is 1. The Morgan fingerprint density at radius 1 is 1.31 bits per heavy atom. The molecule has 1 amide bonds. The van der Waals surface area contributed by atoms with E-state index in [4.69, 9.17) is 10.5 Å². The maximum atomic E-state index is 13.8. The van der Waals surface area contributed by atoms with Crippen LogP contribution in [-0.4, -0.2) is 57.8 Å². The fourth-order valence-corrected chi connectivity index (χ4v) is 4.20. The Bertz CT molecular complexity index is 998. The molecule has 7 nitrogen and oxygen atoms in total. The molecule has 2 aliphatic rings. The van der Waals surface area contributed by atoms with Crippen molar-refractivity contribution < 1.29 is 13.9 Å². The highest BCUT2D eigenvalue weighted by molar-refractivity contribution is 6.05. The summed E-state index contributed by atoms with van der Waals surface area (Å²) >= 11 is 0. The van der Waals surface area contributed by atoms with Crippen LogP contribution in [0.25, 0.3) is 16.7 Å². The number of rotatable bonds is 3. The van der Waals surface area contributed by atoms with Crippen LogP contribution in [0.3, 0.4) is 0 Å². The number of aromatic amines is 1. The number of hydrogen-bond acceptors (Lipinski definition) is 4. The van der Waals surface area contributed by atoms with Crippen LogP contribution in [0, 0.1) is 5.82 Å². The van der Waals surface area contributed by atoms with Gasteiger partial charge in [0, 0.05) is 5.56 Å². The van der Waals surface area contributed by atoms with E-state index in [1.807, 2.05) is 6.20 Å². The Balaban J connectivity index is 1.51. The van der Waals surface area contributed by atoms with Crippen molar-refractivity contribution in [2.45, 2.75) is 24.8 Å². The number of primary amides is 1. The summed E-state index contributed by atoms with van der Waals surface area (Å²) in [5.41, 5.74) is 8.57. The number of ether oxygens (including phenoxy) is 1. The third-order valence-corrected chi connectivity index (χ3v) is 5.71. The number of nitrogens with two attached hydrogens (primary N) is 1. The number of H-pyrrole nitrogens is 1. The lowest BCUT2D eigenvalue weighted by atomic mass is 9.90. The van der Waals surface area contributed by atoms with Gasteiger partial charge in [-0.25, -0.2) is 8.91 Å². The zero-order valence-electron chi connectivity index (χ0n) is 14.2. The number of carbonyl (C=O) groups excluding carboxylic acids is 1. The summed E-state index contributed by atoms with van der Waals surface area (Å²) in [7, 11) is 0. The Labute approximate surface area is 148 Å². The highest BCUT2D eigenvalue weighted by Crippen LogP contribution is 2.33. The van der Waals surface area contributed by atoms with E-state index in [2.05, 4.69) is 15.0 Å². The summed E-state index contributed by atoms with van der Waals surface area (Å²) in [5, 5.41) is 4.46. The van der Waals surface area contributed by atoms with Gasteiger partial charge in [-0.15, -0.1) is 0 Å². The number of halogens is 1. The van der Waals surface area contributed by atoms with Gasteiger partial charge in [0.15, 0.2) is 0 Å². The molecule has 0 spiro atoms. The highest BCUT2D eigenvalue weighted by Gasteiger charge is 2.31. The minimum Gasteiger partial charge on any atom is -0.378 e. The Morgan fingerprint density at radius 3 is 2.73 bits per heavy atom. The smallest absolute Gasteiger partial charge is 0.251 e. The fourth-order valence-electron chi connectivity index (χ4n) is 4.20. The van der Waals surface area contributed by atoms with Crippen molar-refractivity contribution in [3.63, 3.8) is 0 Å². The van der Waals surface area contributed by atoms with Gasteiger partial charge >= 0.3 is 0 Å². The van der Waals surface area contributed by atoms with Crippen LogP contribution in [0.1, 0.15) is 34.7 Å². The van der Waals surface area contributed by atoms with Crippen LogP contribution in [0.15, 0.2) is 18.3 Å². The standard InChI is InChI=1S/C18H20FN5O2/c19-11-5-13(17(20)25)16-15(6-11)22-18-14(7-21-24(16)18)10-1-3-23(4-2-10)12-8-26-9-12/h5-7,10,12,22H,1-4,8-9H2,(H2,20,25). The molecule has 0 atom stereocenters. The molecule has 136 valence electrons. The van der Waals surface area contributed by atoms with Crippen molar-refractivity contribution in [2.24, 2.45) is 5.73 Å². The van der Waals surface area contributed by atoms with Crippen LogP contribution in [0.4, 0.5) is 4.39 Å². The lowest BCUT2D eigenvalue weighted by Crippen LogP contribution is -2.51. The zero-order chi connectivity index (χ0) is 17.8. The average molecular weight is 357 g/mol. The third-order valence-electron chi connectivity index (χ3n) is 5.71.